The molecule has 0 saturated carbocycles. The van der Waals surface area contributed by atoms with Crippen molar-refractivity contribution < 1.29 is 27.0 Å². The van der Waals surface area contributed by atoms with Crippen LogP contribution in [0.4, 0.5) is 20.4 Å². The van der Waals surface area contributed by atoms with E-state index in [-0.39, 0.29) is 35.1 Å². The number of pyridine rings is 1. The maximum Gasteiger partial charge on any atom is 0.267 e. The number of halogens is 3. The first-order chi connectivity index (χ1) is 16.1. The number of aromatic nitrogens is 3. The lowest BCUT2D eigenvalue weighted by Gasteiger charge is -2.12. The predicted octanol–water partition coefficient (Wildman–Crippen LogP) is 2.81. The summed E-state index contributed by atoms with van der Waals surface area (Å²) in [5.41, 5.74) is -0.948. The van der Waals surface area contributed by atoms with Crippen LogP contribution in [0.15, 0.2) is 41.7 Å². The lowest BCUT2D eigenvalue weighted by molar-refractivity contribution is 0.281. The van der Waals surface area contributed by atoms with E-state index in [1.54, 1.807) is 6.92 Å². The first-order valence-corrected chi connectivity index (χ1v) is 11.4. The largest absolute Gasteiger partial charge is 0.480 e. The van der Waals surface area contributed by atoms with E-state index in [0.29, 0.717) is 0 Å². The molecule has 0 radical (unpaired) electrons. The van der Waals surface area contributed by atoms with Crippen LogP contribution in [0.3, 0.4) is 0 Å². The molecule has 3 N–H and O–H groups in total. The lowest BCUT2D eigenvalue weighted by Crippen LogP contribution is -2.20. The van der Waals surface area contributed by atoms with E-state index in [9.17, 15) is 17.2 Å². The molecule has 3 aromatic rings. The minimum absolute atomic E-state index is 0.0153. The second kappa shape index (κ2) is 10.6. The highest BCUT2D eigenvalue weighted by Gasteiger charge is 2.24. The smallest absolute Gasteiger partial charge is 0.267 e. The maximum atomic E-state index is 15.0. The number of ether oxygens (including phenoxy) is 1. The molecule has 1 atom stereocenters. The van der Waals surface area contributed by atoms with Gasteiger partial charge in [-0.2, -0.15) is 0 Å². The first-order valence-electron chi connectivity index (χ1n) is 9.56. The Morgan fingerprint density at radius 3 is 2.53 bits per heavy atom. The van der Waals surface area contributed by atoms with Crippen molar-refractivity contribution in [2.75, 3.05) is 23.8 Å². The summed E-state index contributed by atoms with van der Waals surface area (Å²) in [6.45, 7) is 1.60. The fourth-order valence-corrected chi connectivity index (χ4v) is 4.00. The molecule has 0 aliphatic carbocycles. The number of hydrogen-bond acceptors (Lipinski definition) is 8. The van der Waals surface area contributed by atoms with Gasteiger partial charge in [-0.1, -0.05) is 23.4 Å². The molecule has 0 saturated heterocycles. The van der Waals surface area contributed by atoms with E-state index >= 15 is 0 Å². The molecule has 34 heavy (non-hydrogen) atoms. The molecule has 0 spiro atoms. The summed E-state index contributed by atoms with van der Waals surface area (Å²) in [6, 6.07) is 2.61. The monoisotopic (exact) mass is 509 g/mol. The van der Waals surface area contributed by atoms with Gasteiger partial charge in [-0.3, -0.25) is 4.72 Å². The minimum atomic E-state index is -4.39. The number of aliphatic hydroxyl groups is 1. The van der Waals surface area contributed by atoms with Gasteiger partial charge in [-0.15, -0.1) is 0 Å². The second-order valence-corrected chi connectivity index (χ2v) is 8.91. The van der Waals surface area contributed by atoms with Gasteiger partial charge < -0.3 is 15.2 Å². The lowest BCUT2D eigenvalue weighted by atomic mass is 10.1. The van der Waals surface area contributed by atoms with E-state index in [4.69, 9.17) is 21.4 Å². The molecule has 0 aliphatic heterocycles. The van der Waals surface area contributed by atoms with Crippen LogP contribution in [-0.2, 0) is 10.0 Å². The van der Waals surface area contributed by atoms with Crippen LogP contribution in [0.5, 0.6) is 5.88 Å². The number of nitrogens with one attached hydrogen (secondary N) is 2. The third-order valence-electron chi connectivity index (χ3n) is 4.24. The highest BCUT2D eigenvalue weighted by Crippen LogP contribution is 2.28. The van der Waals surface area contributed by atoms with Crippen molar-refractivity contribution in [1.82, 2.24) is 15.0 Å². The van der Waals surface area contributed by atoms with E-state index < -0.39 is 37.8 Å². The second-order valence-electron chi connectivity index (χ2n) is 6.82. The summed E-state index contributed by atoms with van der Waals surface area (Å²) in [4.78, 5) is 11.3. The number of hydrogen-bond donors (Lipinski definition) is 3. The van der Waals surface area contributed by atoms with Crippen LogP contribution >= 0.6 is 11.6 Å². The topological polar surface area (TPSA) is 126 Å². The average molecular weight is 510 g/mol. The van der Waals surface area contributed by atoms with Gasteiger partial charge in [-0.05, 0) is 25.1 Å². The summed E-state index contributed by atoms with van der Waals surface area (Å²) in [5.74, 6) is 2.63. The summed E-state index contributed by atoms with van der Waals surface area (Å²) in [6.07, 6.45) is 3.84. The summed E-state index contributed by atoms with van der Waals surface area (Å²) in [5, 5.41) is 11.9. The molecule has 0 amide bonds. The van der Waals surface area contributed by atoms with Crippen LogP contribution < -0.4 is 14.8 Å². The van der Waals surface area contributed by atoms with Gasteiger partial charge >= 0.3 is 0 Å². The zero-order valence-corrected chi connectivity index (χ0v) is 19.4. The summed E-state index contributed by atoms with van der Waals surface area (Å²) < 4.78 is 61.8. The van der Waals surface area contributed by atoms with E-state index in [1.165, 1.54) is 25.7 Å². The van der Waals surface area contributed by atoms with E-state index in [2.05, 4.69) is 32.1 Å². The van der Waals surface area contributed by atoms with Crippen LogP contribution in [0.1, 0.15) is 18.1 Å². The Bertz CT molecular complexity index is 1360. The molecule has 2 aromatic heterocycles. The average Bonchev–Trinajstić information content (AvgIpc) is 2.81. The standard InChI is InChI=1S/C21H18ClF2N5O4S/c1-12(11-30)28-21-26-8-13(9-27-21)3-4-15-16(23)5-6-17(19(15)24)29-34(31,32)18-7-14(22)10-25-20(18)33-2/h5-10,12,29-30H,11H2,1-2H3,(H,26,27,28). The van der Waals surface area contributed by atoms with Crippen LogP contribution in [0.25, 0.3) is 0 Å². The van der Waals surface area contributed by atoms with Gasteiger partial charge in [0, 0.05) is 24.6 Å². The Morgan fingerprint density at radius 2 is 1.88 bits per heavy atom. The van der Waals surface area contributed by atoms with Crippen molar-refractivity contribution in [3.8, 4) is 17.7 Å². The number of anilines is 2. The fraction of sp³-hybridized carbons (Fsp3) is 0.190. The van der Waals surface area contributed by atoms with Crippen molar-refractivity contribution in [2.24, 2.45) is 0 Å². The van der Waals surface area contributed by atoms with Gasteiger partial charge in [0.1, 0.15) is 5.82 Å². The molecular formula is C21H18ClF2N5O4S. The highest BCUT2D eigenvalue weighted by molar-refractivity contribution is 7.92. The van der Waals surface area contributed by atoms with E-state index in [1.807, 2.05) is 4.72 Å². The highest BCUT2D eigenvalue weighted by atomic mass is 35.5. The molecule has 1 aromatic carbocycles. The van der Waals surface area contributed by atoms with Crippen LogP contribution in [0, 0.1) is 23.5 Å². The Labute approximate surface area is 199 Å². The molecule has 0 bridgehead atoms. The Morgan fingerprint density at radius 1 is 1.18 bits per heavy atom. The number of sulfonamides is 1. The Hall–Kier alpha value is -3.53. The van der Waals surface area contributed by atoms with Gasteiger partial charge in [0.2, 0.25) is 11.8 Å². The molecule has 178 valence electrons. The van der Waals surface area contributed by atoms with Gasteiger partial charge in [0.15, 0.2) is 10.7 Å². The van der Waals surface area contributed by atoms with E-state index in [0.717, 1.165) is 18.2 Å². The Kier molecular flexibility index (Phi) is 7.83. The summed E-state index contributed by atoms with van der Waals surface area (Å²) in [7, 11) is -3.18. The number of rotatable bonds is 7. The van der Waals surface area contributed by atoms with Crippen LogP contribution in [-0.4, -0.2) is 48.2 Å². The molecular weight excluding hydrogens is 492 g/mol. The van der Waals surface area contributed by atoms with Crippen molar-refractivity contribution in [1.29, 1.82) is 0 Å². The van der Waals surface area contributed by atoms with Crippen molar-refractivity contribution >= 4 is 33.3 Å². The number of aliphatic hydroxyl groups excluding tert-OH is 1. The summed E-state index contributed by atoms with van der Waals surface area (Å²) >= 11 is 5.82. The molecule has 3 rings (SSSR count). The number of benzene rings is 1. The predicted molar refractivity (Wildman–Crippen MR) is 121 cm³/mol. The zero-order valence-electron chi connectivity index (χ0n) is 17.8. The number of methoxy groups -OCH3 is 1. The molecule has 13 heteroatoms. The minimum Gasteiger partial charge on any atom is -0.480 e. The molecule has 0 aliphatic rings. The Balaban J connectivity index is 1.90. The normalized spacial score (nSPS) is 11.8. The third kappa shape index (κ3) is 5.88. The third-order valence-corrected chi connectivity index (χ3v) is 5.80. The first kappa shape index (κ1) is 25.1. The van der Waals surface area contributed by atoms with Crippen molar-refractivity contribution in [2.45, 2.75) is 17.9 Å². The quantitative estimate of drug-likeness (QED) is 0.415. The zero-order chi connectivity index (χ0) is 24.9. The SMILES string of the molecule is COc1ncc(Cl)cc1S(=O)(=O)Nc1ccc(F)c(C#Cc2cnc(NC(C)CO)nc2)c1F. The maximum absolute atomic E-state index is 15.0. The van der Waals surface area contributed by atoms with Crippen molar-refractivity contribution in [3.05, 3.63) is 64.6 Å². The van der Waals surface area contributed by atoms with Crippen LogP contribution in [0.2, 0.25) is 5.02 Å². The molecule has 1 unspecified atom stereocenters. The van der Waals surface area contributed by atoms with Gasteiger partial charge in [0.25, 0.3) is 10.0 Å². The van der Waals surface area contributed by atoms with Crippen molar-refractivity contribution in [3.63, 3.8) is 0 Å². The fourth-order valence-electron chi connectivity index (χ4n) is 2.57. The van der Waals surface area contributed by atoms with Gasteiger partial charge in [-0.25, -0.2) is 32.2 Å². The number of nitrogens with zero attached hydrogens (tertiary/aromatic N) is 3. The molecule has 2 heterocycles. The molecule has 9 nitrogen and oxygen atoms in total. The van der Waals surface area contributed by atoms with Gasteiger partial charge in [0.05, 0.1) is 35.6 Å². The molecule has 0 fully saturated rings.